The van der Waals surface area contributed by atoms with Crippen molar-refractivity contribution >= 4 is 18.7 Å². The van der Waals surface area contributed by atoms with E-state index in [0.717, 1.165) is 34.8 Å². The van der Waals surface area contributed by atoms with Crippen LogP contribution >= 0.6 is 0 Å². The van der Waals surface area contributed by atoms with Crippen LogP contribution in [0.15, 0.2) is 35.2 Å². The number of halogens is 1. The van der Waals surface area contributed by atoms with E-state index in [9.17, 15) is 4.79 Å². The fourth-order valence-corrected chi connectivity index (χ4v) is 4.19. The summed E-state index contributed by atoms with van der Waals surface area (Å²) < 4.78 is 17.5. The Labute approximate surface area is 196 Å². The van der Waals surface area contributed by atoms with Crippen LogP contribution in [-0.2, 0) is 11.8 Å². The Morgan fingerprint density at radius 2 is 1.97 bits per heavy atom. The summed E-state index contributed by atoms with van der Waals surface area (Å²) in [5.41, 5.74) is 2.12. The molecule has 33 heavy (non-hydrogen) atoms. The maximum atomic E-state index is 15.5. The molecule has 2 heterocycles. The lowest BCUT2D eigenvalue weighted by atomic mass is 9.89. The first kappa shape index (κ1) is 24.8. The molecule has 1 aliphatic heterocycles. The molecule has 1 amide bonds. The van der Waals surface area contributed by atoms with Crippen LogP contribution in [0.2, 0.25) is 0 Å². The normalized spacial score (nSPS) is 17.1. The molecule has 1 aliphatic rings. The average Bonchev–Trinajstić information content (AvgIpc) is 3.08. The highest BCUT2D eigenvalue weighted by Crippen LogP contribution is 2.30. The SMILES string of the molecule is C=N/C(=C\c1cc(-c2cnc(C)n2C)ccc1C)NC(=O)C1(F)CCN(CC(C)(C)C)CC1. The molecule has 0 unspecified atom stereocenters. The van der Waals surface area contributed by atoms with Gasteiger partial charge in [0.2, 0.25) is 0 Å². The molecule has 0 spiro atoms. The predicted molar refractivity (Wildman–Crippen MR) is 133 cm³/mol. The van der Waals surface area contributed by atoms with Gasteiger partial charge in [0, 0.05) is 45.1 Å². The second-order valence-electron chi connectivity index (χ2n) is 10.3. The highest BCUT2D eigenvalue weighted by Gasteiger charge is 2.42. The van der Waals surface area contributed by atoms with Crippen molar-refractivity contribution in [1.29, 1.82) is 0 Å². The van der Waals surface area contributed by atoms with Gasteiger partial charge in [0.1, 0.15) is 11.6 Å². The summed E-state index contributed by atoms with van der Waals surface area (Å²) in [5, 5.41) is 2.67. The van der Waals surface area contributed by atoms with Crippen LogP contribution in [0.4, 0.5) is 4.39 Å². The fraction of sp³-hybridized carbons (Fsp3) is 0.500. The van der Waals surface area contributed by atoms with Crippen LogP contribution in [0.3, 0.4) is 0 Å². The largest absolute Gasteiger partial charge is 0.331 e. The Kier molecular flexibility index (Phi) is 7.22. The van der Waals surface area contributed by atoms with Gasteiger partial charge in [-0.05, 0) is 49.2 Å². The monoisotopic (exact) mass is 453 g/mol. The minimum Gasteiger partial charge on any atom is -0.331 e. The number of hydrogen-bond donors (Lipinski definition) is 1. The van der Waals surface area contributed by atoms with Crippen LogP contribution < -0.4 is 5.32 Å². The minimum absolute atomic E-state index is 0.141. The molecule has 3 rings (SSSR count). The number of aryl methyl sites for hydroxylation is 2. The van der Waals surface area contributed by atoms with Gasteiger partial charge in [0.15, 0.2) is 5.67 Å². The van der Waals surface area contributed by atoms with Gasteiger partial charge in [0.05, 0.1) is 11.9 Å². The first-order valence-electron chi connectivity index (χ1n) is 11.4. The number of nitrogens with one attached hydrogen (secondary N) is 1. The van der Waals surface area contributed by atoms with E-state index in [1.807, 2.05) is 49.9 Å². The molecule has 0 atom stereocenters. The molecule has 0 aliphatic carbocycles. The van der Waals surface area contributed by atoms with Crippen LogP contribution in [0.1, 0.15) is 50.6 Å². The van der Waals surface area contributed by atoms with Gasteiger partial charge in [-0.25, -0.2) is 14.4 Å². The van der Waals surface area contributed by atoms with E-state index < -0.39 is 11.6 Å². The first-order chi connectivity index (χ1) is 15.4. The molecule has 0 radical (unpaired) electrons. The van der Waals surface area contributed by atoms with Crippen molar-refractivity contribution in [2.24, 2.45) is 17.5 Å². The third-order valence-electron chi connectivity index (χ3n) is 6.25. The number of aromatic nitrogens is 2. The minimum atomic E-state index is -1.90. The van der Waals surface area contributed by atoms with Crippen molar-refractivity contribution in [3.8, 4) is 11.3 Å². The molecule has 1 aromatic heterocycles. The third kappa shape index (κ3) is 5.96. The number of carbonyl (C=O) groups excluding carboxylic acids is 1. The van der Waals surface area contributed by atoms with Crippen molar-refractivity contribution < 1.29 is 9.18 Å². The summed E-state index contributed by atoms with van der Waals surface area (Å²) in [6.45, 7) is 16.0. The van der Waals surface area contributed by atoms with Crippen LogP contribution in [0, 0.1) is 19.3 Å². The van der Waals surface area contributed by atoms with Crippen LogP contribution in [-0.4, -0.2) is 52.4 Å². The van der Waals surface area contributed by atoms with E-state index in [2.05, 4.69) is 47.7 Å². The van der Waals surface area contributed by atoms with Crippen LogP contribution in [0.5, 0.6) is 0 Å². The van der Waals surface area contributed by atoms with Gasteiger partial charge < -0.3 is 14.8 Å². The molecule has 0 saturated carbocycles. The number of benzene rings is 1. The maximum Gasteiger partial charge on any atom is 0.263 e. The molecular formula is C26H36FN5O. The van der Waals surface area contributed by atoms with Gasteiger partial charge in [-0.15, -0.1) is 0 Å². The van der Waals surface area contributed by atoms with Crippen molar-refractivity contribution in [2.45, 2.75) is 53.1 Å². The lowest BCUT2D eigenvalue weighted by Crippen LogP contribution is -2.51. The summed E-state index contributed by atoms with van der Waals surface area (Å²) in [6, 6.07) is 6.05. The number of nitrogens with zero attached hydrogens (tertiary/aromatic N) is 4. The van der Waals surface area contributed by atoms with E-state index in [0.29, 0.717) is 13.1 Å². The fourth-order valence-electron chi connectivity index (χ4n) is 4.19. The van der Waals surface area contributed by atoms with Crippen LogP contribution in [0.25, 0.3) is 17.3 Å². The molecule has 1 fully saturated rings. The molecule has 0 bridgehead atoms. The summed E-state index contributed by atoms with van der Waals surface area (Å²) >= 11 is 0. The summed E-state index contributed by atoms with van der Waals surface area (Å²) in [5.74, 6) is 0.522. The maximum absolute atomic E-state index is 15.5. The van der Waals surface area contributed by atoms with E-state index in [-0.39, 0.29) is 24.1 Å². The lowest BCUT2D eigenvalue weighted by molar-refractivity contribution is -0.135. The Balaban J connectivity index is 1.75. The quantitative estimate of drug-likeness (QED) is 0.647. The zero-order valence-electron chi connectivity index (χ0n) is 20.7. The highest BCUT2D eigenvalue weighted by atomic mass is 19.1. The molecule has 7 heteroatoms. The topological polar surface area (TPSA) is 62.5 Å². The predicted octanol–water partition coefficient (Wildman–Crippen LogP) is 4.67. The van der Waals surface area contributed by atoms with E-state index in [1.54, 1.807) is 6.08 Å². The zero-order chi connectivity index (χ0) is 24.4. The van der Waals surface area contributed by atoms with Gasteiger partial charge in [-0.1, -0.05) is 32.9 Å². The van der Waals surface area contributed by atoms with Crippen molar-refractivity contribution in [3.05, 3.63) is 47.2 Å². The average molecular weight is 454 g/mol. The number of imidazole rings is 1. The molecule has 6 nitrogen and oxygen atoms in total. The molecule has 178 valence electrons. The zero-order valence-corrected chi connectivity index (χ0v) is 20.7. The Morgan fingerprint density at radius 1 is 1.30 bits per heavy atom. The van der Waals surface area contributed by atoms with E-state index in [4.69, 9.17) is 0 Å². The Hall–Kier alpha value is -2.80. The summed E-state index contributed by atoms with van der Waals surface area (Å²) in [7, 11) is 1.97. The molecule has 1 saturated heterocycles. The highest BCUT2D eigenvalue weighted by molar-refractivity contribution is 5.87. The third-order valence-corrected chi connectivity index (χ3v) is 6.25. The number of alkyl halides is 1. The molecule has 1 N–H and O–H groups in total. The molecule has 1 aromatic carbocycles. The van der Waals surface area contributed by atoms with Gasteiger partial charge in [0.25, 0.3) is 5.91 Å². The Morgan fingerprint density at radius 3 is 2.52 bits per heavy atom. The summed E-state index contributed by atoms with van der Waals surface area (Å²) in [6.07, 6.45) is 3.92. The van der Waals surface area contributed by atoms with Gasteiger partial charge in [-0.2, -0.15) is 0 Å². The lowest BCUT2D eigenvalue weighted by Gasteiger charge is -2.38. The number of hydrogen-bond acceptors (Lipinski definition) is 4. The van der Waals surface area contributed by atoms with Crippen molar-refractivity contribution in [3.63, 3.8) is 0 Å². The summed E-state index contributed by atoms with van der Waals surface area (Å²) in [4.78, 5) is 23.4. The van der Waals surface area contributed by atoms with E-state index >= 15 is 4.39 Å². The second-order valence-corrected chi connectivity index (χ2v) is 10.3. The first-order valence-corrected chi connectivity index (χ1v) is 11.4. The van der Waals surface area contributed by atoms with E-state index in [1.165, 1.54) is 0 Å². The van der Waals surface area contributed by atoms with Crippen molar-refractivity contribution in [2.75, 3.05) is 19.6 Å². The molecule has 2 aromatic rings. The standard InChI is InChI=1S/C26H36FN5O/c1-18-8-9-20(22-16-29-19(2)31(22)7)14-21(18)15-23(28-6)30-24(33)26(27)10-12-32(13-11-26)17-25(3,4)5/h8-9,14-16H,6,10-13,17H2,1-5,7H3,(H,30,33)/b23-15+. The number of piperidine rings is 1. The number of likely N-dealkylation sites (tertiary alicyclic amines) is 1. The smallest absolute Gasteiger partial charge is 0.263 e. The van der Waals surface area contributed by atoms with Gasteiger partial charge in [-0.3, -0.25) is 4.79 Å². The number of rotatable bonds is 6. The second kappa shape index (κ2) is 9.59. The number of aliphatic imine (C=N–C) groups is 1. The van der Waals surface area contributed by atoms with Crippen molar-refractivity contribution in [1.82, 2.24) is 19.8 Å². The Bertz CT molecular complexity index is 1060. The number of carbonyl (C=O) groups is 1. The molecular weight excluding hydrogens is 417 g/mol. The van der Waals surface area contributed by atoms with Gasteiger partial charge >= 0.3 is 0 Å². The number of amides is 1.